The van der Waals surface area contributed by atoms with E-state index in [0.29, 0.717) is 6.54 Å². The van der Waals surface area contributed by atoms with Crippen molar-refractivity contribution in [1.82, 2.24) is 5.32 Å². The third kappa shape index (κ3) is 2.72. The molecule has 1 aliphatic rings. The average Bonchev–Trinajstić information content (AvgIpc) is 1.98. The summed E-state index contributed by atoms with van der Waals surface area (Å²) in [5, 5.41) is 2.86. The Labute approximate surface area is 95.9 Å². The maximum absolute atomic E-state index is 12.0. The van der Waals surface area contributed by atoms with E-state index in [2.05, 4.69) is 5.32 Å². The van der Waals surface area contributed by atoms with Crippen LogP contribution < -0.4 is 16.8 Å². The molecule has 0 radical (unpaired) electrons. The normalized spacial score (nSPS) is 18.7. The Hall–Kier alpha value is -1.10. The standard InChI is InChI=1S/C11H21N3O2/c1-10(2,6-8(13)15)14-9(16)11(7-12)4-3-5-11/h3-7,12H2,1-2H3,(H2,13,15)(H,14,16). The minimum Gasteiger partial charge on any atom is -0.370 e. The highest BCUT2D eigenvalue weighted by molar-refractivity contribution is 5.85. The SMILES string of the molecule is CC(C)(CC(N)=O)NC(=O)C1(CN)CCC1. The fourth-order valence-electron chi connectivity index (χ4n) is 2.05. The summed E-state index contributed by atoms with van der Waals surface area (Å²) in [7, 11) is 0. The van der Waals surface area contributed by atoms with E-state index in [1.807, 2.05) is 0 Å². The van der Waals surface area contributed by atoms with Gasteiger partial charge < -0.3 is 16.8 Å². The zero-order chi connectivity index (χ0) is 12.4. The first kappa shape index (κ1) is 13.0. The number of carbonyl (C=O) groups is 2. The van der Waals surface area contributed by atoms with E-state index in [-0.39, 0.29) is 12.3 Å². The molecule has 0 unspecified atom stereocenters. The van der Waals surface area contributed by atoms with Crippen molar-refractivity contribution in [3.8, 4) is 0 Å². The van der Waals surface area contributed by atoms with E-state index < -0.39 is 16.9 Å². The second-order valence-electron chi connectivity index (χ2n) is 5.32. The summed E-state index contributed by atoms with van der Waals surface area (Å²) < 4.78 is 0. The quantitative estimate of drug-likeness (QED) is 0.611. The molecule has 0 aromatic heterocycles. The van der Waals surface area contributed by atoms with Gasteiger partial charge in [0.1, 0.15) is 0 Å². The molecule has 0 aliphatic heterocycles. The second kappa shape index (κ2) is 4.41. The number of nitrogens with two attached hydrogens (primary N) is 2. The maximum atomic E-state index is 12.0. The molecule has 0 aromatic carbocycles. The number of rotatable bonds is 5. The van der Waals surface area contributed by atoms with Gasteiger partial charge in [0.05, 0.1) is 5.41 Å². The van der Waals surface area contributed by atoms with Crippen molar-refractivity contribution in [2.45, 2.75) is 45.1 Å². The fraction of sp³-hybridized carbons (Fsp3) is 0.818. The molecule has 0 atom stereocenters. The van der Waals surface area contributed by atoms with Gasteiger partial charge in [-0.15, -0.1) is 0 Å². The van der Waals surface area contributed by atoms with Gasteiger partial charge in [-0.2, -0.15) is 0 Å². The summed E-state index contributed by atoms with van der Waals surface area (Å²) in [6.07, 6.45) is 2.85. The van der Waals surface area contributed by atoms with Crippen molar-refractivity contribution in [3.05, 3.63) is 0 Å². The first-order chi connectivity index (χ1) is 7.31. The molecule has 1 rings (SSSR count). The molecule has 0 bridgehead atoms. The number of primary amides is 1. The van der Waals surface area contributed by atoms with Crippen LogP contribution in [0.1, 0.15) is 39.5 Å². The number of nitrogens with one attached hydrogen (secondary N) is 1. The van der Waals surface area contributed by atoms with E-state index in [9.17, 15) is 9.59 Å². The number of carbonyl (C=O) groups excluding carboxylic acids is 2. The van der Waals surface area contributed by atoms with E-state index in [1.165, 1.54) is 0 Å². The highest BCUT2D eigenvalue weighted by atomic mass is 16.2. The third-order valence-corrected chi connectivity index (χ3v) is 3.25. The number of amides is 2. The topological polar surface area (TPSA) is 98.2 Å². The van der Waals surface area contributed by atoms with Crippen LogP contribution >= 0.6 is 0 Å². The lowest BCUT2D eigenvalue weighted by atomic mass is 9.68. The third-order valence-electron chi connectivity index (χ3n) is 3.25. The van der Waals surface area contributed by atoms with Crippen molar-refractivity contribution < 1.29 is 9.59 Å². The van der Waals surface area contributed by atoms with Crippen LogP contribution in [0.2, 0.25) is 0 Å². The first-order valence-electron chi connectivity index (χ1n) is 5.62. The van der Waals surface area contributed by atoms with Crippen LogP contribution in [0, 0.1) is 5.41 Å². The van der Waals surface area contributed by atoms with Gasteiger partial charge >= 0.3 is 0 Å². The zero-order valence-electron chi connectivity index (χ0n) is 10.0. The van der Waals surface area contributed by atoms with Gasteiger partial charge in [-0.1, -0.05) is 6.42 Å². The van der Waals surface area contributed by atoms with Gasteiger partial charge in [0.15, 0.2) is 0 Å². The molecule has 1 aliphatic carbocycles. The van der Waals surface area contributed by atoms with Gasteiger partial charge in [0.2, 0.25) is 11.8 Å². The predicted octanol–water partition coefficient (Wildman–Crippen LogP) is -0.114. The summed E-state index contributed by atoms with van der Waals surface area (Å²) in [4.78, 5) is 22.9. The number of hydrogen-bond acceptors (Lipinski definition) is 3. The van der Waals surface area contributed by atoms with E-state index >= 15 is 0 Å². The number of hydrogen-bond donors (Lipinski definition) is 3. The van der Waals surface area contributed by atoms with Crippen LogP contribution in [0.4, 0.5) is 0 Å². The van der Waals surface area contributed by atoms with Crippen molar-refractivity contribution in [1.29, 1.82) is 0 Å². The lowest BCUT2D eigenvalue weighted by Crippen LogP contribution is -2.56. The van der Waals surface area contributed by atoms with Crippen LogP contribution in [0.3, 0.4) is 0 Å². The minimum absolute atomic E-state index is 0.0486. The van der Waals surface area contributed by atoms with E-state index in [4.69, 9.17) is 11.5 Å². The highest BCUT2D eigenvalue weighted by Crippen LogP contribution is 2.40. The monoisotopic (exact) mass is 227 g/mol. The molecule has 0 spiro atoms. The lowest BCUT2D eigenvalue weighted by molar-refractivity contribution is -0.137. The predicted molar refractivity (Wildman–Crippen MR) is 61.4 cm³/mol. The van der Waals surface area contributed by atoms with E-state index in [0.717, 1.165) is 19.3 Å². The van der Waals surface area contributed by atoms with Gasteiger partial charge in [-0.25, -0.2) is 0 Å². The van der Waals surface area contributed by atoms with Crippen molar-refractivity contribution in [2.75, 3.05) is 6.54 Å². The summed E-state index contributed by atoms with van der Waals surface area (Å²) in [5.74, 6) is -0.465. The summed E-state index contributed by atoms with van der Waals surface area (Å²) in [6, 6.07) is 0. The molecule has 0 heterocycles. The van der Waals surface area contributed by atoms with Gasteiger partial charge in [-0.05, 0) is 26.7 Å². The van der Waals surface area contributed by atoms with Gasteiger partial charge in [-0.3, -0.25) is 9.59 Å². The van der Waals surface area contributed by atoms with Crippen LogP contribution in [0.15, 0.2) is 0 Å². The Morgan fingerprint density at radius 1 is 1.38 bits per heavy atom. The second-order valence-corrected chi connectivity index (χ2v) is 5.32. The fourth-order valence-corrected chi connectivity index (χ4v) is 2.05. The largest absolute Gasteiger partial charge is 0.370 e. The molecule has 5 N–H and O–H groups in total. The molecule has 0 aromatic rings. The zero-order valence-corrected chi connectivity index (χ0v) is 10.0. The average molecular weight is 227 g/mol. The Kier molecular flexibility index (Phi) is 3.57. The first-order valence-corrected chi connectivity index (χ1v) is 5.62. The van der Waals surface area contributed by atoms with Gasteiger partial charge in [0.25, 0.3) is 0 Å². The lowest BCUT2D eigenvalue weighted by Gasteiger charge is -2.41. The molecule has 16 heavy (non-hydrogen) atoms. The molecule has 5 heteroatoms. The smallest absolute Gasteiger partial charge is 0.227 e. The van der Waals surface area contributed by atoms with Crippen molar-refractivity contribution in [3.63, 3.8) is 0 Å². The van der Waals surface area contributed by atoms with Gasteiger partial charge in [0, 0.05) is 18.5 Å². The van der Waals surface area contributed by atoms with Crippen molar-refractivity contribution in [2.24, 2.45) is 16.9 Å². The Morgan fingerprint density at radius 2 is 1.94 bits per heavy atom. The molecular formula is C11H21N3O2. The molecule has 2 amide bonds. The Bertz CT molecular complexity index is 290. The summed E-state index contributed by atoms with van der Waals surface area (Å²) in [6.45, 7) is 3.95. The van der Waals surface area contributed by atoms with Crippen molar-refractivity contribution >= 4 is 11.8 Å². The summed E-state index contributed by atoms with van der Waals surface area (Å²) >= 11 is 0. The highest BCUT2D eigenvalue weighted by Gasteiger charge is 2.44. The molecule has 1 fully saturated rings. The minimum atomic E-state index is -0.597. The summed E-state index contributed by atoms with van der Waals surface area (Å²) in [5.41, 5.74) is 9.76. The van der Waals surface area contributed by atoms with Crippen LogP contribution in [-0.2, 0) is 9.59 Å². The van der Waals surface area contributed by atoms with Crippen LogP contribution in [0.25, 0.3) is 0 Å². The molecule has 92 valence electrons. The maximum Gasteiger partial charge on any atom is 0.227 e. The molecular weight excluding hydrogens is 206 g/mol. The van der Waals surface area contributed by atoms with E-state index in [1.54, 1.807) is 13.8 Å². The molecule has 0 saturated heterocycles. The van der Waals surface area contributed by atoms with Crippen LogP contribution in [0.5, 0.6) is 0 Å². The molecule has 5 nitrogen and oxygen atoms in total. The molecule has 1 saturated carbocycles. The Morgan fingerprint density at radius 3 is 2.25 bits per heavy atom. The van der Waals surface area contributed by atoms with Crippen LogP contribution in [-0.4, -0.2) is 23.9 Å². The Balaban J connectivity index is 2.59.